The lowest BCUT2D eigenvalue weighted by Gasteiger charge is -2.34. The Morgan fingerprint density at radius 1 is 0.977 bits per heavy atom. The monoisotopic (exact) mass is 612 g/mol. The highest BCUT2D eigenvalue weighted by atomic mass is 16.7. The number of hydrogen-bond donors (Lipinski definition) is 4. The van der Waals surface area contributed by atoms with E-state index in [1.807, 2.05) is 81.4 Å². The van der Waals surface area contributed by atoms with Crippen molar-refractivity contribution in [2.24, 2.45) is 11.3 Å². The van der Waals surface area contributed by atoms with E-state index < -0.39 is 47.8 Å². The molecule has 44 heavy (non-hydrogen) atoms. The molecule has 0 aromatic heterocycles. The summed E-state index contributed by atoms with van der Waals surface area (Å²) in [7, 11) is 1.23. The minimum atomic E-state index is -1.13. The number of nitrogens with one attached hydrogen (secondary N) is 3. The average molecular weight is 613 g/mol. The number of fused-ring (bicyclic) bond motifs is 1. The van der Waals surface area contributed by atoms with Crippen molar-refractivity contribution in [2.45, 2.75) is 70.7 Å². The summed E-state index contributed by atoms with van der Waals surface area (Å²) >= 11 is 0. The fourth-order valence-corrected chi connectivity index (χ4v) is 5.40. The molecule has 2 saturated heterocycles. The smallest absolute Gasteiger partial charge is 0.407 e. The molecule has 0 bridgehead atoms. The van der Waals surface area contributed by atoms with E-state index in [1.165, 1.54) is 7.11 Å². The Morgan fingerprint density at radius 2 is 1.64 bits per heavy atom. The molecule has 0 radical (unpaired) electrons. The summed E-state index contributed by atoms with van der Waals surface area (Å²) in [5.74, 6) is -0.503. The second-order valence-corrected chi connectivity index (χ2v) is 12.3. The van der Waals surface area contributed by atoms with Gasteiger partial charge in [0, 0.05) is 13.1 Å². The van der Waals surface area contributed by atoms with Crippen molar-refractivity contribution in [2.75, 3.05) is 26.9 Å². The molecular formula is C32H44N4O8. The third kappa shape index (κ3) is 9.39. The lowest BCUT2D eigenvalue weighted by Crippen LogP contribution is -2.59. The first-order valence-electron chi connectivity index (χ1n) is 14.9. The first-order chi connectivity index (χ1) is 21.0. The van der Waals surface area contributed by atoms with Gasteiger partial charge in [-0.3, -0.25) is 10.2 Å². The number of carbonyl (C=O) groups is 3. The van der Waals surface area contributed by atoms with Crippen LogP contribution in [0.3, 0.4) is 0 Å². The summed E-state index contributed by atoms with van der Waals surface area (Å²) in [6, 6.07) is 17.2. The summed E-state index contributed by atoms with van der Waals surface area (Å²) < 4.78 is 21.6. The van der Waals surface area contributed by atoms with Crippen LogP contribution < -0.4 is 16.1 Å². The first-order valence-corrected chi connectivity index (χ1v) is 14.9. The molecule has 2 fully saturated rings. The molecule has 6 atom stereocenters. The fraction of sp³-hybridized carbons (Fsp3) is 0.531. The van der Waals surface area contributed by atoms with E-state index >= 15 is 0 Å². The number of hydrazine groups is 1. The molecule has 2 aliphatic rings. The molecule has 0 aliphatic carbocycles. The zero-order valence-electron chi connectivity index (χ0n) is 25.7. The van der Waals surface area contributed by atoms with Gasteiger partial charge in [-0.15, -0.1) is 0 Å². The van der Waals surface area contributed by atoms with Crippen LogP contribution in [0.1, 0.15) is 38.3 Å². The molecule has 2 heterocycles. The largest absolute Gasteiger partial charge is 0.453 e. The molecular weight excluding hydrogens is 568 g/mol. The number of hydrogen-bond acceptors (Lipinski definition) is 9. The Hall–Kier alpha value is -3.71. The second-order valence-electron chi connectivity index (χ2n) is 12.3. The van der Waals surface area contributed by atoms with Crippen molar-refractivity contribution in [3.63, 3.8) is 0 Å². The van der Waals surface area contributed by atoms with Gasteiger partial charge in [0.15, 0.2) is 6.29 Å². The van der Waals surface area contributed by atoms with Crippen LogP contribution >= 0.6 is 0 Å². The molecule has 240 valence electrons. The van der Waals surface area contributed by atoms with E-state index in [0.29, 0.717) is 13.0 Å². The normalized spacial score (nSPS) is 21.5. The zero-order chi connectivity index (χ0) is 31.7. The molecule has 0 saturated carbocycles. The van der Waals surface area contributed by atoms with Crippen LogP contribution in [0.2, 0.25) is 0 Å². The summed E-state index contributed by atoms with van der Waals surface area (Å²) in [5, 5.41) is 18.6. The van der Waals surface area contributed by atoms with Gasteiger partial charge in [-0.25, -0.2) is 14.6 Å². The Labute approximate surface area is 258 Å². The third-order valence-corrected chi connectivity index (χ3v) is 7.78. The number of nitrogens with zero attached hydrogens (tertiary/aromatic N) is 1. The SMILES string of the molecule is COC(=O)NC(C(=O)NN(Cc1ccccc1)CC(O)C(Cc1ccccc1)NC(=O)OC1COC2OCCC12)C(C)(C)C. The fourth-order valence-electron chi connectivity index (χ4n) is 5.40. The first kappa shape index (κ1) is 33.2. The lowest BCUT2D eigenvalue weighted by molar-refractivity contribution is -0.131. The summed E-state index contributed by atoms with van der Waals surface area (Å²) in [6.07, 6.45) is -2.27. The highest BCUT2D eigenvalue weighted by Gasteiger charge is 2.44. The van der Waals surface area contributed by atoms with Crippen molar-refractivity contribution < 1.29 is 38.4 Å². The molecule has 12 heteroatoms. The van der Waals surface area contributed by atoms with Gasteiger partial charge in [0.25, 0.3) is 5.91 Å². The minimum Gasteiger partial charge on any atom is -0.453 e. The van der Waals surface area contributed by atoms with Gasteiger partial charge in [0.1, 0.15) is 12.1 Å². The number of carbonyl (C=O) groups excluding carboxylic acids is 3. The van der Waals surface area contributed by atoms with Crippen LogP contribution in [0.4, 0.5) is 9.59 Å². The van der Waals surface area contributed by atoms with Gasteiger partial charge in [-0.1, -0.05) is 81.4 Å². The Bertz CT molecular complexity index is 1230. The maximum atomic E-state index is 13.5. The van der Waals surface area contributed by atoms with Crippen molar-refractivity contribution in [1.82, 2.24) is 21.1 Å². The van der Waals surface area contributed by atoms with E-state index in [1.54, 1.807) is 5.01 Å². The number of amides is 3. The zero-order valence-corrected chi connectivity index (χ0v) is 25.7. The molecule has 4 N–H and O–H groups in total. The van der Waals surface area contributed by atoms with Crippen molar-refractivity contribution in [1.29, 1.82) is 0 Å². The highest BCUT2D eigenvalue weighted by Crippen LogP contribution is 2.33. The van der Waals surface area contributed by atoms with Gasteiger partial charge >= 0.3 is 12.2 Å². The molecule has 2 aliphatic heterocycles. The van der Waals surface area contributed by atoms with Crippen LogP contribution in [-0.2, 0) is 36.7 Å². The minimum absolute atomic E-state index is 0.0239. The summed E-state index contributed by atoms with van der Waals surface area (Å²) in [4.78, 5) is 38.7. The third-order valence-electron chi connectivity index (χ3n) is 7.78. The summed E-state index contributed by atoms with van der Waals surface area (Å²) in [6.45, 7) is 6.49. The van der Waals surface area contributed by atoms with Gasteiger partial charge in [-0.05, 0) is 29.4 Å². The van der Waals surface area contributed by atoms with Gasteiger partial charge < -0.3 is 34.7 Å². The lowest BCUT2D eigenvalue weighted by atomic mass is 9.86. The number of benzene rings is 2. The maximum absolute atomic E-state index is 13.5. The van der Waals surface area contributed by atoms with E-state index in [4.69, 9.17) is 18.9 Å². The van der Waals surface area contributed by atoms with Crippen molar-refractivity contribution in [3.05, 3.63) is 71.8 Å². The van der Waals surface area contributed by atoms with Crippen LogP contribution in [0, 0.1) is 11.3 Å². The molecule has 2 aromatic carbocycles. The predicted molar refractivity (Wildman–Crippen MR) is 161 cm³/mol. The van der Waals surface area contributed by atoms with Gasteiger partial charge in [-0.2, -0.15) is 0 Å². The van der Waals surface area contributed by atoms with E-state index in [-0.39, 0.29) is 31.9 Å². The number of methoxy groups -OCH3 is 1. The van der Waals surface area contributed by atoms with Crippen LogP contribution in [0.25, 0.3) is 0 Å². The molecule has 2 aromatic rings. The molecule has 12 nitrogen and oxygen atoms in total. The number of rotatable bonds is 12. The number of ether oxygens (including phenoxy) is 4. The van der Waals surface area contributed by atoms with Gasteiger partial charge in [0.05, 0.1) is 38.4 Å². The van der Waals surface area contributed by atoms with E-state index in [9.17, 15) is 19.5 Å². The quantitative estimate of drug-likeness (QED) is 0.266. The standard InChI is InChI=1S/C32H44N4O8/c1-32(2,3)27(34-30(39)41-4)28(38)35-36(18-22-13-9-6-10-14-22)19-25(37)24(17-21-11-7-5-8-12-21)33-31(40)44-26-20-43-29-23(26)15-16-42-29/h5-14,23-27,29,37H,15-20H2,1-4H3,(H,33,40)(H,34,39)(H,35,38). The molecule has 3 amide bonds. The van der Waals surface area contributed by atoms with Crippen molar-refractivity contribution >= 4 is 18.1 Å². The van der Waals surface area contributed by atoms with Gasteiger partial charge in [0.2, 0.25) is 0 Å². The van der Waals surface area contributed by atoms with Crippen LogP contribution in [-0.4, -0.2) is 85.7 Å². The summed E-state index contributed by atoms with van der Waals surface area (Å²) in [5.41, 5.74) is 4.02. The van der Waals surface area contributed by atoms with E-state index in [0.717, 1.165) is 17.5 Å². The molecule has 6 unspecified atom stereocenters. The topological polar surface area (TPSA) is 148 Å². The Balaban J connectivity index is 1.50. The van der Waals surface area contributed by atoms with Crippen LogP contribution in [0.5, 0.6) is 0 Å². The number of aliphatic hydroxyl groups is 1. The molecule has 0 spiro atoms. The molecule has 4 rings (SSSR count). The maximum Gasteiger partial charge on any atom is 0.407 e. The van der Waals surface area contributed by atoms with Crippen LogP contribution in [0.15, 0.2) is 60.7 Å². The average Bonchev–Trinajstić information content (AvgIpc) is 3.61. The van der Waals surface area contributed by atoms with Crippen molar-refractivity contribution in [3.8, 4) is 0 Å². The Kier molecular flexibility index (Phi) is 11.6. The second kappa shape index (κ2) is 15.3. The predicted octanol–water partition coefficient (Wildman–Crippen LogP) is 2.75. The number of alkyl carbamates (subject to hydrolysis) is 2. The van der Waals surface area contributed by atoms with E-state index in [2.05, 4.69) is 16.1 Å². The number of aliphatic hydroxyl groups excluding tert-OH is 1. The highest BCUT2D eigenvalue weighted by molar-refractivity contribution is 5.86. The Morgan fingerprint density at radius 3 is 2.27 bits per heavy atom.